The van der Waals surface area contributed by atoms with Crippen molar-refractivity contribution in [2.24, 2.45) is 0 Å². The van der Waals surface area contributed by atoms with Crippen LogP contribution in [0.1, 0.15) is 22.3 Å². The molecule has 3 heteroatoms. The number of phenolic OH excluding ortho intramolecular Hbond substituents is 1. The maximum absolute atomic E-state index is 12.0. The monoisotopic (exact) mass is 254 g/mol. The second kappa shape index (κ2) is 4.43. The molecule has 3 nitrogen and oxygen atoms in total. The number of fused-ring (bicyclic) bond motifs is 1. The second-order valence-electron chi connectivity index (χ2n) is 4.65. The molecule has 1 aliphatic carbocycles. The Morgan fingerprint density at radius 2 is 1.74 bits per heavy atom. The average Bonchev–Trinajstić information content (AvgIpc) is 2.81. The normalized spacial score (nSPS) is 13.4. The summed E-state index contributed by atoms with van der Waals surface area (Å²) in [4.78, 5) is 12.0. The fraction of sp³-hybridized carbons (Fsp3) is 0.188. The number of benzene rings is 2. The first-order valence-corrected chi connectivity index (χ1v) is 6.23. The van der Waals surface area contributed by atoms with E-state index in [9.17, 15) is 9.90 Å². The van der Waals surface area contributed by atoms with Crippen molar-refractivity contribution in [3.63, 3.8) is 0 Å². The Bertz CT molecular complexity index is 642. The minimum Gasteiger partial charge on any atom is -0.507 e. The quantitative estimate of drug-likeness (QED) is 0.895. The van der Waals surface area contributed by atoms with E-state index in [4.69, 9.17) is 4.74 Å². The third-order valence-electron chi connectivity index (χ3n) is 3.55. The van der Waals surface area contributed by atoms with Crippen LogP contribution in [0.5, 0.6) is 11.5 Å². The molecule has 1 N–H and O–H groups in total. The molecule has 0 unspecified atom stereocenters. The van der Waals surface area contributed by atoms with Crippen LogP contribution in [0.4, 0.5) is 0 Å². The lowest BCUT2D eigenvalue weighted by atomic mass is 9.95. The number of rotatable bonds is 2. The van der Waals surface area contributed by atoms with E-state index < -0.39 is 0 Å². The Labute approximate surface area is 111 Å². The van der Waals surface area contributed by atoms with Crippen LogP contribution < -0.4 is 4.74 Å². The molecule has 3 rings (SSSR count). The summed E-state index contributed by atoms with van der Waals surface area (Å²) in [6.07, 6.45) is 1.29. The molecule has 0 saturated heterocycles. The lowest BCUT2D eigenvalue weighted by molar-refractivity contribution is 0.0995. The highest BCUT2D eigenvalue weighted by Gasteiger charge is 2.25. The lowest BCUT2D eigenvalue weighted by Gasteiger charge is -2.11. The van der Waals surface area contributed by atoms with Crippen LogP contribution in [0.25, 0.3) is 11.1 Å². The van der Waals surface area contributed by atoms with E-state index in [0.717, 1.165) is 23.3 Å². The molecule has 0 aliphatic heterocycles. The molecule has 96 valence electrons. The number of ether oxygens (including phenoxy) is 1. The van der Waals surface area contributed by atoms with Gasteiger partial charge in [-0.25, -0.2) is 0 Å². The van der Waals surface area contributed by atoms with Crippen molar-refractivity contribution in [3.8, 4) is 22.6 Å². The van der Waals surface area contributed by atoms with Crippen LogP contribution in [0.2, 0.25) is 0 Å². The van der Waals surface area contributed by atoms with Gasteiger partial charge in [0.1, 0.15) is 11.5 Å². The van der Waals surface area contributed by atoms with Gasteiger partial charge >= 0.3 is 0 Å². The summed E-state index contributed by atoms with van der Waals surface area (Å²) >= 11 is 0. The molecule has 0 heterocycles. The van der Waals surface area contributed by atoms with Crippen molar-refractivity contribution < 1.29 is 14.6 Å². The number of methoxy groups -OCH3 is 1. The first-order chi connectivity index (χ1) is 9.20. The van der Waals surface area contributed by atoms with E-state index in [1.165, 1.54) is 0 Å². The number of hydrogen-bond donors (Lipinski definition) is 1. The standard InChI is InChI=1S/C16H14O3/c1-19-12-6-2-10(3-7-12)15-13(17)8-4-11-5-9-14(18)16(11)15/h2-4,6-8,17H,5,9H2,1H3. The van der Waals surface area contributed by atoms with E-state index in [0.29, 0.717) is 17.5 Å². The molecule has 2 aromatic carbocycles. The van der Waals surface area contributed by atoms with E-state index in [-0.39, 0.29) is 11.5 Å². The van der Waals surface area contributed by atoms with E-state index in [1.807, 2.05) is 30.3 Å². The highest BCUT2D eigenvalue weighted by Crippen LogP contribution is 2.39. The van der Waals surface area contributed by atoms with Gasteiger partial charge in [0.15, 0.2) is 5.78 Å². The summed E-state index contributed by atoms with van der Waals surface area (Å²) in [5.74, 6) is 1.01. The van der Waals surface area contributed by atoms with Gasteiger partial charge in [0.25, 0.3) is 0 Å². The van der Waals surface area contributed by atoms with Gasteiger partial charge < -0.3 is 9.84 Å². The third-order valence-corrected chi connectivity index (χ3v) is 3.55. The molecule has 0 spiro atoms. The van der Waals surface area contributed by atoms with E-state index in [1.54, 1.807) is 13.2 Å². The molecular weight excluding hydrogens is 240 g/mol. The second-order valence-corrected chi connectivity index (χ2v) is 4.65. The van der Waals surface area contributed by atoms with Gasteiger partial charge in [-0.1, -0.05) is 18.2 Å². The Morgan fingerprint density at radius 1 is 1.00 bits per heavy atom. The molecule has 0 atom stereocenters. The number of aryl methyl sites for hydroxylation is 1. The summed E-state index contributed by atoms with van der Waals surface area (Å²) in [5, 5.41) is 10.1. The highest BCUT2D eigenvalue weighted by molar-refractivity contribution is 6.07. The summed E-state index contributed by atoms with van der Waals surface area (Å²) in [6, 6.07) is 10.9. The maximum Gasteiger partial charge on any atom is 0.164 e. The van der Waals surface area contributed by atoms with Crippen LogP contribution in [-0.2, 0) is 6.42 Å². The molecule has 0 fully saturated rings. The molecule has 2 aromatic rings. The van der Waals surface area contributed by atoms with Crippen molar-refractivity contribution in [3.05, 3.63) is 47.5 Å². The fourth-order valence-electron chi connectivity index (χ4n) is 2.58. The molecule has 0 amide bonds. The van der Waals surface area contributed by atoms with Gasteiger partial charge in [0.2, 0.25) is 0 Å². The molecule has 19 heavy (non-hydrogen) atoms. The fourth-order valence-corrected chi connectivity index (χ4v) is 2.58. The zero-order valence-electron chi connectivity index (χ0n) is 10.6. The van der Waals surface area contributed by atoms with Gasteiger partial charge in [-0.15, -0.1) is 0 Å². The lowest BCUT2D eigenvalue weighted by Crippen LogP contribution is -1.96. The minimum atomic E-state index is 0.108. The molecule has 0 aromatic heterocycles. The van der Waals surface area contributed by atoms with Crippen molar-refractivity contribution in [2.75, 3.05) is 7.11 Å². The van der Waals surface area contributed by atoms with Crippen LogP contribution in [0, 0.1) is 0 Å². The van der Waals surface area contributed by atoms with Crippen molar-refractivity contribution in [1.82, 2.24) is 0 Å². The van der Waals surface area contributed by atoms with E-state index in [2.05, 4.69) is 0 Å². The Hall–Kier alpha value is -2.29. The van der Waals surface area contributed by atoms with Crippen LogP contribution >= 0.6 is 0 Å². The molecule has 1 aliphatic rings. The number of ketones is 1. The maximum atomic E-state index is 12.0. The SMILES string of the molecule is COc1ccc(-c2c(O)ccc3c2C(=O)CC3)cc1. The summed E-state index contributed by atoms with van der Waals surface area (Å²) in [6.45, 7) is 0. The highest BCUT2D eigenvalue weighted by atomic mass is 16.5. The largest absolute Gasteiger partial charge is 0.507 e. The van der Waals surface area contributed by atoms with Gasteiger partial charge in [-0.2, -0.15) is 0 Å². The van der Waals surface area contributed by atoms with Gasteiger partial charge in [0, 0.05) is 17.5 Å². The summed E-state index contributed by atoms with van der Waals surface area (Å²) in [5.41, 5.74) is 3.17. The Balaban J connectivity index is 2.19. The first-order valence-electron chi connectivity index (χ1n) is 6.23. The van der Waals surface area contributed by atoms with Crippen molar-refractivity contribution in [1.29, 1.82) is 0 Å². The van der Waals surface area contributed by atoms with Crippen LogP contribution in [0.15, 0.2) is 36.4 Å². The van der Waals surface area contributed by atoms with Gasteiger partial charge in [0.05, 0.1) is 7.11 Å². The Morgan fingerprint density at radius 3 is 2.42 bits per heavy atom. The minimum absolute atomic E-state index is 0.108. The number of carbonyl (C=O) groups excluding carboxylic acids is 1. The topological polar surface area (TPSA) is 46.5 Å². The third kappa shape index (κ3) is 1.87. The average molecular weight is 254 g/mol. The number of carbonyl (C=O) groups is 1. The number of aromatic hydroxyl groups is 1. The predicted octanol–water partition coefficient (Wildman–Crippen LogP) is 3.20. The number of Topliss-reactive ketones (excluding diaryl/α,β-unsaturated/α-hetero) is 1. The van der Waals surface area contributed by atoms with Crippen LogP contribution in [-0.4, -0.2) is 18.0 Å². The van der Waals surface area contributed by atoms with Crippen molar-refractivity contribution >= 4 is 5.78 Å². The molecule has 0 saturated carbocycles. The smallest absolute Gasteiger partial charge is 0.164 e. The summed E-state index contributed by atoms with van der Waals surface area (Å²) in [7, 11) is 1.61. The molecule has 0 bridgehead atoms. The molecule has 0 radical (unpaired) electrons. The van der Waals surface area contributed by atoms with Gasteiger partial charge in [-0.05, 0) is 35.7 Å². The predicted molar refractivity (Wildman–Crippen MR) is 72.7 cm³/mol. The molecular formula is C16H14O3. The Kier molecular flexibility index (Phi) is 2.75. The van der Waals surface area contributed by atoms with Gasteiger partial charge in [-0.3, -0.25) is 4.79 Å². The number of hydrogen-bond acceptors (Lipinski definition) is 3. The summed E-state index contributed by atoms with van der Waals surface area (Å²) < 4.78 is 5.12. The zero-order chi connectivity index (χ0) is 13.4. The van der Waals surface area contributed by atoms with Crippen LogP contribution in [0.3, 0.4) is 0 Å². The van der Waals surface area contributed by atoms with Crippen molar-refractivity contribution in [2.45, 2.75) is 12.8 Å². The van der Waals surface area contributed by atoms with E-state index >= 15 is 0 Å². The number of phenols is 1. The zero-order valence-corrected chi connectivity index (χ0v) is 10.6. The first kappa shape index (κ1) is 11.8.